The Morgan fingerprint density at radius 3 is 2.67 bits per heavy atom. The Kier molecular flexibility index (Phi) is 4.89. The number of thiazole rings is 1. The Bertz CT molecular complexity index is 656. The van der Waals surface area contributed by atoms with Crippen molar-refractivity contribution in [2.24, 2.45) is 0 Å². The van der Waals surface area contributed by atoms with Crippen molar-refractivity contribution in [1.82, 2.24) is 14.2 Å². The maximum absolute atomic E-state index is 12.5. The summed E-state index contributed by atoms with van der Waals surface area (Å²) in [6, 6.07) is 2.05. The Morgan fingerprint density at radius 1 is 1.43 bits per heavy atom. The second-order valence-corrected chi connectivity index (χ2v) is 7.44. The Morgan fingerprint density at radius 2 is 2.10 bits per heavy atom. The molecule has 0 spiro atoms. The normalized spacial score (nSPS) is 17.5. The number of nitrogens with zero attached hydrogens (tertiary/aromatic N) is 4. The van der Waals surface area contributed by atoms with Crippen LogP contribution in [-0.4, -0.2) is 66.4 Å². The van der Waals surface area contributed by atoms with Crippen LogP contribution >= 0.6 is 11.3 Å². The minimum Gasteiger partial charge on any atom is -0.476 e. The molecule has 8 nitrogen and oxygen atoms in total. The van der Waals surface area contributed by atoms with Crippen LogP contribution in [0.4, 0.5) is 0 Å². The smallest absolute Gasteiger partial charge is 0.356 e. The standard InChI is InChI=1S/C11H14N4O4S2/c12-2-1-3-14-4-6-15(7-5-14)21(18,19)11-9(10(16)17)13-8-20-11/h8H,1,3-7H2,(H,16,17). The molecule has 0 saturated carbocycles. The van der Waals surface area contributed by atoms with Crippen molar-refractivity contribution in [2.75, 3.05) is 32.7 Å². The zero-order valence-electron chi connectivity index (χ0n) is 11.1. The summed E-state index contributed by atoms with van der Waals surface area (Å²) in [4.78, 5) is 16.6. The van der Waals surface area contributed by atoms with E-state index in [1.54, 1.807) is 0 Å². The minimum absolute atomic E-state index is 0.222. The third-order valence-corrected chi connectivity index (χ3v) is 6.43. The third-order valence-electron chi connectivity index (χ3n) is 3.18. The van der Waals surface area contributed by atoms with Crippen molar-refractivity contribution in [1.29, 1.82) is 5.26 Å². The average Bonchev–Trinajstić information content (AvgIpc) is 2.96. The van der Waals surface area contributed by atoms with Crippen LogP contribution in [0.3, 0.4) is 0 Å². The fourth-order valence-corrected chi connectivity index (χ4v) is 4.78. The van der Waals surface area contributed by atoms with Crippen molar-refractivity contribution in [2.45, 2.75) is 10.6 Å². The van der Waals surface area contributed by atoms with Crippen LogP contribution in [0.5, 0.6) is 0 Å². The highest BCUT2D eigenvalue weighted by Gasteiger charge is 2.33. The molecule has 1 N–H and O–H groups in total. The summed E-state index contributed by atoms with van der Waals surface area (Å²) in [7, 11) is -3.82. The molecule has 2 rings (SSSR count). The number of hydrogen-bond donors (Lipinski definition) is 1. The molecule has 2 heterocycles. The second kappa shape index (κ2) is 6.48. The largest absolute Gasteiger partial charge is 0.476 e. The first kappa shape index (κ1) is 15.8. The molecule has 0 bridgehead atoms. The lowest BCUT2D eigenvalue weighted by Gasteiger charge is -2.33. The predicted molar refractivity (Wildman–Crippen MR) is 74.5 cm³/mol. The van der Waals surface area contributed by atoms with Crippen LogP contribution in [0.2, 0.25) is 0 Å². The number of carboxylic acid groups (broad SMARTS) is 1. The molecule has 1 aromatic rings. The van der Waals surface area contributed by atoms with Gasteiger partial charge in [-0.3, -0.25) is 4.90 Å². The highest BCUT2D eigenvalue weighted by atomic mass is 32.2. The van der Waals surface area contributed by atoms with Crippen LogP contribution in [-0.2, 0) is 10.0 Å². The van der Waals surface area contributed by atoms with E-state index in [4.69, 9.17) is 10.4 Å². The second-order valence-electron chi connectivity index (χ2n) is 4.45. The Hall–Kier alpha value is -1.54. The van der Waals surface area contributed by atoms with Crippen LogP contribution in [0, 0.1) is 11.3 Å². The molecule has 1 aromatic heterocycles. The summed E-state index contributed by atoms with van der Waals surface area (Å²) in [6.45, 7) is 2.24. The van der Waals surface area contributed by atoms with E-state index in [2.05, 4.69) is 11.1 Å². The first-order valence-corrected chi connectivity index (χ1v) is 8.55. The number of hydrogen-bond acceptors (Lipinski definition) is 7. The topological polar surface area (TPSA) is 115 Å². The molecular formula is C11H14N4O4S2. The van der Waals surface area contributed by atoms with Crippen LogP contribution in [0.15, 0.2) is 9.72 Å². The molecule has 21 heavy (non-hydrogen) atoms. The number of nitriles is 1. The van der Waals surface area contributed by atoms with E-state index in [1.807, 2.05) is 4.90 Å². The van der Waals surface area contributed by atoms with E-state index in [9.17, 15) is 13.2 Å². The van der Waals surface area contributed by atoms with Gasteiger partial charge in [0.15, 0.2) is 9.90 Å². The predicted octanol–water partition coefficient (Wildman–Crippen LogP) is 0.0613. The van der Waals surface area contributed by atoms with Crippen molar-refractivity contribution in [3.05, 3.63) is 11.2 Å². The fourth-order valence-electron chi connectivity index (χ4n) is 2.08. The number of carbonyl (C=O) groups is 1. The summed E-state index contributed by atoms with van der Waals surface area (Å²) in [5, 5.41) is 17.5. The molecule has 1 saturated heterocycles. The van der Waals surface area contributed by atoms with Crippen LogP contribution in [0.1, 0.15) is 16.9 Å². The molecule has 0 radical (unpaired) electrons. The summed E-state index contributed by atoms with van der Waals surface area (Å²) in [6.07, 6.45) is 0.407. The molecule has 0 aliphatic carbocycles. The minimum atomic E-state index is -3.82. The molecule has 1 aliphatic heterocycles. The lowest BCUT2D eigenvalue weighted by molar-refractivity contribution is 0.0687. The maximum atomic E-state index is 12.5. The van der Waals surface area contributed by atoms with Gasteiger partial charge in [0.2, 0.25) is 0 Å². The number of piperazine rings is 1. The van der Waals surface area contributed by atoms with Crippen LogP contribution in [0.25, 0.3) is 0 Å². The highest BCUT2D eigenvalue weighted by molar-refractivity contribution is 7.91. The summed E-state index contributed by atoms with van der Waals surface area (Å²) < 4.78 is 26.0. The van der Waals surface area contributed by atoms with Gasteiger partial charge in [0, 0.05) is 39.1 Å². The quantitative estimate of drug-likeness (QED) is 0.812. The molecule has 0 amide bonds. The number of aromatic nitrogens is 1. The van der Waals surface area contributed by atoms with E-state index < -0.39 is 21.7 Å². The fraction of sp³-hybridized carbons (Fsp3) is 0.545. The van der Waals surface area contributed by atoms with Gasteiger partial charge in [0.25, 0.3) is 10.0 Å². The van der Waals surface area contributed by atoms with Gasteiger partial charge in [-0.25, -0.2) is 18.2 Å². The molecule has 0 unspecified atom stereocenters. The summed E-state index contributed by atoms with van der Waals surface area (Å²) in [5.74, 6) is -1.34. The van der Waals surface area contributed by atoms with E-state index in [0.29, 0.717) is 26.1 Å². The van der Waals surface area contributed by atoms with E-state index >= 15 is 0 Å². The molecule has 114 valence electrons. The molecule has 1 fully saturated rings. The van der Waals surface area contributed by atoms with Crippen molar-refractivity contribution in [3.8, 4) is 6.07 Å². The highest BCUT2D eigenvalue weighted by Crippen LogP contribution is 2.25. The van der Waals surface area contributed by atoms with E-state index in [-0.39, 0.29) is 17.3 Å². The zero-order chi connectivity index (χ0) is 15.5. The number of aromatic carboxylic acids is 1. The van der Waals surface area contributed by atoms with Gasteiger partial charge >= 0.3 is 5.97 Å². The van der Waals surface area contributed by atoms with Crippen molar-refractivity contribution >= 4 is 27.3 Å². The van der Waals surface area contributed by atoms with Crippen molar-refractivity contribution in [3.63, 3.8) is 0 Å². The van der Waals surface area contributed by atoms with Crippen molar-refractivity contribution < 1.29 is 18.3 Å². The Labute approximate surface area is 126 Å². The molecule has 0 atom stereocenters. The SMILES string of the molecule is N#CCCN1CCN(S(=O)(=O)c2scnc2C(=O)O)CC1. The monoisotopic (exact) mass is 330 g/mol. The molecular weight excluding hydrogens is 316 g/mol. The first-order valence-electron chi connectivity index (χ1n) is 6.23. The first-order chi connectivity index (χ1) is 9.96. The zero-order valence-corrected chi connectivity index (χ0v) is 12.7. The Balaban J connectivity index is 2.10. The van der Waals surface area contributed by atoms with Crippen LogP contribution < -0.4 is 0 Å². The van der Waals surface area contributed by atoms with Gasteiger partial charge in [-0.1, -0.05) is 0 Å². The molecule has 0 aromatic carbocycles. The number of rotatable bonds is 5. The number of sulfonamides is 1. The van der Waals surface area contributed by atoms with Gasteiger partial charge in [0.05, 0.1) is 11.6 Å². The summed E-state index contributed by atoms with van der Waals surface area (Å²) >= 11 is 0.815. The number of carboxylic acids is 1. The third kappa shape index (κ3) is 3.38. The van der Waals surface area contributed by atoms with Gasteiger partial charge in [-0.15, -0.1) is 11.3 Å². The van der Waals surface area contributed by atoms with E-state index in [1.165, 1.54) is 9.82 Å². The average molecular weight is 330 g/mol. The molecule has 10 heteroatoms. The molecule has 1 aliphatic rings. The lowest BCUT2D eigenvalue weighted by Crippen LogP contribution is -2.48. The summed E-state index contributed by atoms with van der Waals surface area (Å²) in [5.41, 5.74) is 0.798. The van der Waals surface area contributed by atoms with E-state index in [0.717, 1.165) is 11.3 Å². The van der Waals surface area contributed by atoms with Gasteiger partial charge in [-0.05, 0) is 0 Å². The van der Waals surface area contributed by atoms with Gasteiger partial charge < -0.3 is 5.11 Å². The maximum Gasteiger partial charge on any atom is 0.356 e. The van der Waals surface area contributed by atoms with Gasteiger partial charge in [0.1, 0.15) is 0 Å². The van der Waals surface area contributed by atoms with Gasteiger partial charge in [-0.2, -0.15) is 9.57 Å². The lowest BCUT2D eigenvalue weighted by atomic mass is 10.3.